The summed E-state index contributed by atoms with van der Waals surface area (Å²) in [6, 6.07) is 17.8. The fourth-order valence-corrected chi connectivity index (χ4v) is 3.95. The Morgan fingerprint density at radius 3 is 1.82 bits per heavy atom. The van der Waals surface area contributed by atoms with E-state index in [1.807, 2.05) is 0 Å². The third kappa shape index (κ3) is 2.43. The Morgan fingerprint density at radius 2 is 1.32 bits per heavy atom. The van der Waals surface area contributed by atoms with Gasteiger partial charge in [-0.3, -0.25) is 0 Å². The van der Waals surface area contributed by atoms with Crippen LogP contribution in [-0.4, -0.2) is 4.57 Å². The minimum absolute atomic E-state index is 0.202. The Kier molecular flexibility index (Phi) is 4.24. The lowest BCUT2D eigenvalue weighted by atomic mass is 9.89. The minimum Gasteiger partial charge on any atom is -0.335 e. The van der Waals surface area contributed by atoms with E-state index in [9.17, 15) is 0 Å². The second kappa shape index (κ2) is 6.16. The van der Waals surface area contributed by atoms with Gasteiger partial charge in [0, 0.05) is 27.3 Å². The van der Waals surface area contributed by atoms with E-state index in [0.717, 1.165) is 0 Å². The van der Waals surface area contributed by atoms with Crippen LogP contribution in [0.3, 0.4) is 0 Å². The second-order valence-electron chi connectivity index (χ2n) is 6.72. The molecule has 3 rings (SSSR count). The molecule has 0 aliphatic heterocycles. The first-order valence-electron chi connectivity index (χ1n) is 8.70. The van der Waals surface area contributed by atoms with Crippen LogP contribution in [0.1, 0.15) is 52.9 Å². The van der Waals surface area contributed by atoms with Crippen LogP contribution in [-0.2, 0) is 5.54 Å². The number of para-hydroxylation sites is 2. The number of hydrogen-bond donors (Lipinski definition) is 0. The zero-order chi connectivity index (χ0) is 15.6. The molecule has 1 unspecified atom stereocenters. The lowest BCUT2D eigenvalue weighted by Gasteiger charge is -2.33. The van der Waals surface area contributed by atoms with Crippen LogP contribution in [0.25, 0.3) is 21.8 Å². The molecule has 0 N–H and O–H groups in total. The molecule has 1 heteroatoms. The van der Waals surface area contributed by atoms with E-state index in [0.29, 0.717) is 0 Å². The van der Waals surface area contributed by atoms with E-state index in [1.54, 1.807) is 0 Å². The normalized spacial score (nSPS) is 14.5. The van der Waals surface area contributed by atoms with Crippen LogP contribution in [0.4, 0.5) is 0 Å². The molecule has 0 aliphatic rings. The minimum atomic E-state index is 0.202. The number of nitrogens with zero attached hydrogens (tertiary/aromatic N) is 1. The fraction of sp³-hybridized carbons (Fsp3) is 0.429. The summed E-state index contributed by atoms with van der Waals surface area (Å²) >= 11 is 0. The van der Waals surface area contributed by atoms with Crippen molar-refractivity contribution < 1.29 is 0 Å². The van der Waals surface area contributed by atoms with Gasteiger partial charge in [-0.25, -0.2) is 0 Å². The maximum Gasteiger partial charge on any atom is 0.0496 e. The van der Waals surface area contributed by atoms with Gasteiger partial charge in [-0.15, -0.1) is 0 Å². The Morgan fingerprint density at radius 1 is 0.773 bits per heavy atom. The first-order valence-corrected chi connectivity index (χ1v) is 8.70. The van der Waals surface area contributed by atoms with E-state index in [4.69, 9.17) is 0 Å². The lowest BCUT2D eigenvalue weighted by Crippen LogP contribution is -2.29. The van der Waals surface area contributed by atoms with Gasteiger partial charge < -0.3 is 4.57 Å². The molecule has 116 valence electrons. The molecule has 1 heterocycles. The fourth-order valence-electron chi connectivity index (χ4n) is 3.95. The van der Waals surface area contributed by atoms with Gasteiger partial charge in [-0.05, 0) is 31.9 Å². The molecule has 1 atom stereocenters. The predicted octanol–water partition coefficient (Wildman–Crippen LogP) is 6.50. The highest BCUT2D eigenvalue weighted by Gasteiger charge is 2.28. The van der Waals surface area contributed by atoms with Gasteiger partial charge in [0.15, 0.2) is 0 Å². The molecule has 0 saturated heterocycles. The quantitative estimate of drug-likeness (QED) is 0.489. The molecule has 0 radical (unpaired) electrons. The number of benzene rings is 2. The average molecular weight is 293 g/mol. The summed E-state index contributed by atoms with van der Waals surface area (Å²) in [4.78, 5) is 0. The van der Waals surface area contributed by atoms with Gasteiger partial charge in [0.1, 0.15) is 0 Å². The standard InChI is InChI=1S/C21H27N/c1-4-6-16-21(3,15-5-2)22-19-13-9-7-11-17(19)18-12-8-10-14-20(18)22/h7-14H,4-6,15-16H2,1-3H3. The topological polar surface area (TPSA) is 4.93 Å². The third-order valence-electron chi connectivity index (χ3n) is 4.98. The average Bonchev–Trinajstić information content (AvgIpc) is 2.88. The molecular weight excluding hydrogens is 266 g/mol. The molecule has 3 aromatic rings. The maximum absolute atomic E-state index is 2.62. The van der Waals surface area contributed by atoms with Crippen molar-refractivity contribution in [2.75, 3.05) is 0 Å². The summed E-state index contributed by atoms with van der Waals surface area (Å²) in [6.45, 7) is 7.04. The summed E-state index contributed by atoms with van der Waals surface area (Å²) < 4.78 is 2.62. The maximum atomic E-state index is 2.62. The summed E-state index contributed by atoms with van der Waals surface area (Å²) in [6.07, 6.45) is 6.25. The van der Waals surface area contributed by atoms with Crippen molar-refractivity contribution in [1.29, 1.82) is 0 Å². The van der Waals surface area contributed by atoms with Gasteiger partial charge in [0.25, 0.3) is 0 Å². The molecule has 22 heavy (non-hydrogen) atoms. The van der Waals surface area contributed by atoms with Crippen molar-refractivity contribution in [3.63, 3.8) is 0 Å². The van der Waals surface area contributed by atoms with E-state index >= 15 is 0 Å². The van der Waals surface area contributed by atoms with Crippen molar-refractivity contribution in [2.45, 2.75) is 58.4 Å². The summed E-state index contributed by atoms with van der Waals surface area (Å²) in [5.74, 6) is 0. The monoisotopic (exact) mass is 293 g/mol. The van der Waals surface area contributed by atoms with Gasteiger partial charge >= 0.3 is 0 Å². The van der Waals surface area contributed by atoms with Gasteiger partial charge in [0.2, 0.25) is 0 Å². The highest BCUT2D eigenvalue weighted by molar-refractivity contribution is 6.08. The van der Waals surface area contributed by atoms with Crippen LogP contribution in [0.15, 0.2) is 48.5 Å². The molecular formula is C21H27N. The molecule has 0 bridgehead atoms. The lowest BCUT2D eigenvalue weighted by molar-refractivity contribution is 0.276. The van der Waals surface area contributed by atoms with Crippen LogP contribution < -0.4 is 0 Å². The van der Waals surface area contributed by atoms with Crippen molar-refractivity contribution in [3.05, 3.63) is 48.5 Å². The largest absolute Gasteiger partial charge is 0.335 e. The smallest absolute Gasteiger partial charge is 0.0496 e. The number of fused-ring (bicyclic) bond motifs is 3. The zero-order valence-corrected chi connectivity index (χ0v) is 14.1. The summed E-state index contributed by atoms with van der Waals surface area (Å²) in [5.41, 5.74) is 2.97. The predicted molar refractivity (Wildman–Crippen MR) is 97.5 cm³/mol. The van der Waals surface area contributed by atoms with Crippen LogP contribution in [0.5, 0.6) is 0 Å². The van der Waals surface area contributed by atoms with Crippen LogP contribution in [0, 0.1) is 0 Å². The highest BCUT2D eigenvalue weighted by Crippen LogP contribution is 2.38. The zero-order valence-electron chi connectivity index (χ0n) is 14.1. The van der Waals surface area contributed by atoms with Crippen molar-refractivity contribution in [2.24, 2.45) is 0 Å². The molecule has 0 fully saturated rings. The second-order valence-corrected chi connectivity index (χ2v) is 6.72. The van der Waals surface area contributed by atoms with Gasteiger partial charge in [0.05, 0.1) is 0 Å². The number of hydrogen-bond acceptors (Lipinski definition) is 0. The molecule has 0 spiro atoms. The highest BCUT2D eigenvalue weighted by atomic mass is 15.1. The SMILES string of the molecule is CCCCC(C)(CCC)n1c2ccccc2c2ccccc21. The summed E-state index contributed by atoms with van der Waals surface area (Å²) in [5, 5.41) is 2.77. The van der Waals surface area contributed by atoms with E-state index in [1.165, 1.54) is 53.9 Å². The first kappa shape index (κ1) is 15.1. The van der Waals surface area contributed by atoms with E-state index < -0.39 is 0 Å². The Labute approximate surface area is 133 Å². The van der Waals surface area contributed by atoms with Crippen LogP contribution >= 0.6 is 0 Å². The van der Waals surface area contributed by atoms with E-state index in [2.05, 4.69) is 73.9 Å². The van der Waals surface area contributed by atoms with Crippen molar-refractivity contribution >= 4 is 21.8 Å². The molecule has 1 nitrogen and oxygen atoms in total. The molecule has 0 amide bonds. The molecule has 2 aromatic carbocycles. The summed E-state index contributed by atoms with van der Waals surface area (Å²) in [7, 11) is 0. The third-order valence-corrected chi connectivity index (χ3v) is 4.98. The number of aromatic nitrogens is 1. The molecule has 0 saturated carbocycles. The Balaban J connectivity index is 2.30. The first-order chi connectivity index (χ1) is 10.7. The van der Waals surface area contributed by atoms with Crippen LogP contribution in [0.2, 0.25) is 0 Å². The van der Waals surface area contributed by atoms with Crippen molar-refractivity contribution in [1.82, 2.24) is 4.57 Å². The van der Waals surface area contributed by atoms with E-state index in [-0.39, 0.29) is 5.54 Å². The van der Waals surface area contributed by atoms with Gasteiger partial charge in [-0.1, -0.05) is 69.5 Å². The molecule has 1 aromatic heterocycles. The number of rotatable bonds is 6. The van der Waals surface area contributed by atoms with Crippen molar-refractivity contribution in [3.8, 4) is 0 Å². The Hall–Kier alpha value is -1.76. The molecule has 0 aliphatic carbocycles. The Bertz CT molecular complexity index is 715. The number of unbranched alkanes of at least 4 members (excludes halogenated alkanes) is 1. The van der Waals surface area contributed by atoms with Gasteiger partial charge in [-0.2, -0.15) is 0 Å².